The smallest absolute Gasteiger partial charge is 0.0681 e. The Morgan fingerprint density at radius 2 is 1.67 bits per heavy atom. The lowest BCUT2D eigenvalue weighted by Gasteiger charge is -2.04. The Bertz CT molecular complexity index is 226. The molecule has 0 fully saturated rings. The van der Waals surface area contributed by atoms with Gasteiger partial charge in [0, 0.05) is 0 Å². The molecule has 12 heavy (non-hydrogen) atoms. The van der Waals surface area contributed by atoms with Crippen LogP contribution in [-0.4, -0.2) is 16.3 Å². The van der Waals surface area contributed by atoms with E-state index < -0.39 is 0 Å². The molecule has 2 N–H and O–H groups in total. The minimum atomic E-state index is -0.301. The van der Waals surface area contributed by atoms with Crippen LogP contribution in [0.5, 0.6) is 0 Å². The molecule has 0 bridgehead atoms. The Morgan fingerprint density at radius 3 is 2.08 bits per heavy atom. The summed E-state index contributed by atoms with van der Waals surface area (Å²) in [4.78, 5) is 0. The van der Waals surface area contributed by atoms with Crippen molar-refractivity contribution in [3.63, 3.8) is 0 Å². The minimum Gasteiger partial charge on any atom is -0.393 e. The Morgan fingerprint density at radius 1 is 1.17 bits per heavy atom. The highest BCUT2D eigenvalue weighted by molar-refractivity contribution is 5.22. The van der Waals surface area contributed by atoms with Crippen LogP contribution in [0.3, 0.4) is 0 Å². The summed E-state index contributed by atoms with van der Waals surface area (Å²) in [5, 5.41) is 17.8. The van der Waals surface area contributed by atoms with Gasteiger partial charge in [-0.25, -0.2) is 0 Å². The van der Waals surface area contributed by atoms with Crippen LogP contribution in [-0.2, 0) is 13.0 Å². The third-order valence-corrected chi connectivity index (χ3v) is 1.74. The monoisotopic (exact) mass is 166 g/mol. The van der Waals surface area contributed by atoms with E-state index in [4.69, 9.17) is 10.2 Å². The fourth-order valence-electron chi connectivity index (χ4n) is 1.12. The molecule has 1 atom stereocenters. The second kappa shape index (κ2) is 4.24. The van der Waals surface area contributed by atoms with Gasteiger partial charge >= 0.3 is 0 Å². The molecule has 0 aromatic heterocycles. The number of aliphatic hydroxyl groups excluding tert-OH is 2. The first-order valence-corrected chi connectivity index (χ1v) is 4.09. The average molecular weight is 166 g/mol. The third-order valence-electron chi connectivity index (χ3n) is 1.74. The van der Waals surface area contributed by atoms with Crippen molar-refractivity contribution in [1.29, 1.82) is 0 Å². The van der Waals surface area contributed by atoms with Gasteiger partial charge in [-0.15, -0.1) is 0 Å². The number of aliphatic hydroxyl groups is 2. The largest absolute Gasteiger partial charge is 0.393 e. The molecule has 66 valence electrons. The van der Waals surface area contributed by atoms with Crippen molar-refractivity contribution < 1.29 is 10.2 Å². The van der Waals surface area contributed by atoms with Gasteiger partial charge in [0.05, 0.1) is 12.7 Å². The van der Waals surface area contributed by atoms with Crippen LogP contribution in [0.25, 0.3) is 0 Å². The zero-order chi connectivity index (χ0) is 8.97. The lowest BCUT2D eigenvalue weighted by atomic mass is 10.1. The third kappa shape index (κ3) is 2.64. The predicted molar refractivity (Wildman–Crippen MR) is 47.7 cm³/mol. The van der Waals surface area contributed by atoms with Crippen LogP contribution >= 0.6 is 0 Å². The van der Waals surface area contributed by atoms with Crippen molar-refractivity contribution in [3.05, 3.63) is 35.4 Å². The molecule has 0 aliphatic rings. The molecule has 0 aliphatic heterocycles. The van der Waals surface area contributed by atoms with E-state index in [0.29, 0.717) is 6.42 Å². The quantitative estimate of drug-likeness (QED) is 0.706. The van der Waals surface area contributed by atoms with Crippen LogP contribution in [0.4, 0.5) is 0 Å². The fourth-order valence-corrected chi connectivity index (χ4v) is 1.12. The molecule has 0 aliphatic carbocycles. The highest BCUT2D eigenvalue weighted by Gasteiger charge is 1.98. The van der Waals surface area contributed by atoms with E-state index in [0.717, 1.165) is 11.1 Å². The van der Waals surface area contributed by atoms with Crippen LogP contribution in [0.15, 0.2) is 24.3 Å². The first-order valence-electron chi connectivity index (χ1n) is 4.09. The molecular weight excluding hydrogens is 152 g/mol. The summed E-state index contributed by atoms with van der Waals surface area (Å²) < 4.78 is 0. The van der Waals surface area contributed by atoms with Gasteiger partial charge in [0.25, 0.3) is 0 Å². The van der Waals surface area contributed by atoms with E-state index >= 15 is 0 Å². The SMILES string of the molecule is CC(O)Cc1ccc(CO)cc1. The summed E-state index contributed by atoms with van der Waals surface area (Å²) in [6, 6.07) is 7.60. The maximum Gasteiger partial charge on any atom is 0.0681 e. The van der Waals surface area contributed by atoms with Crippen molar-refractivity contribution in [2.24, 2.45) is 0 Å². The first kappa shape index (κ1) is 9.23. The van der Waals surface area contributed by atoms with E-state index in [1.807, 2.05) is 24.3 Å². The molecule has 1 aromatic rings. The first-order chi connectivity index (χ1) is 5.72. The average Bonchev–Trinajstić information content (AvgIpc) is 2.05. The molecule has 2 heteroatoms. The minimum absolute atomic E-state index is 0.0783. The molecule has 0 spiro atoms. The molecule has 2 nitrogen and oxygen atoms in total. The second-order valence-corrected chi connectivity index (χ2v) is 3.03. The highest BCUT2D eigenvalue weighted by Crippen LogP contribution is 2.06. The molecule has 0 heterocycles. The fraction of sp³-hybridized carbons (Fsp3) is 0.400. The Kier molecular flexibility index (Phi) is 3.26. The van der Waals surface area contributed by atoms with E-state index in [1.54, 1.807) is 6.92 Å². The number of rotatable bonds is 3. The van der Waals surface area contributed by atoms with Crippen LogP contribution < -0.4 is 0 Å². The molecule has 1 rings (SSSR count). The number of hydrogen-bond acceptors (Lipinski definition) is 2. The van der Waals surface area contributed by atoms with Gasteiger partial charge in [-0.05, 0) is 24.5 Å². The highest BCUT2D eigenvalue weighted by atomic mass is 16.3. The van der Waals surface area contributed by atoms with E-state index in [-0.39, 0.29) is 12.7 Å². The van der Waals surface area contributed by atoms with Crippen molar-refractivity contribution in [2.45, 2.75) is 26.1 Å². The lowest BCUT2D eigenvalue weighted by Crippen LogP contribution is -2.03. The second-order valence-electron chi connectivity index (χ2n) is 3.03. The molecule has 0 radical (unpaired) electrons. The van der Waals surface area contributed by atoms with Crippen molar-refractivity contribution in [1.82, 2.24) is 0 Å². The van der Waals surface area contributed by atoms with Gasteiger partial charge in [-0.2, -0.15) is 0 Å². The van der Waals surface area contributed by atoms with Gasteiger partial charge in [0.15, 0.2) is 0 Å². The summed E-state index contributed by atoms with van der Waals surface area (Å²) in [6.07, 6.45) is 0.371. The van der Waals surface area contributed by atoms with Crippen molar-refractivity contribution in [2.75, 3.05) is 0 Å². The predicted octanol–water partition coefficient (Wildman–Crippen LogP) is 1.10. The number of hydrogen-bond donors (Lipinski definition) is 2. The van der Waals surface area contributed by atoms with Crippen molar-refractivity contribution in [3.8, 4) is 0 Å². The molecular formula is C10H14O2. The normalized spacial score (nSPS) is 12.9. The van der Waals surface area contributed by atoms with E-state index in [1.165, 1.54) is 0 Å². The lowest BCUT2D eigenvalue weighted by molar-refractivity contribution is 0.195. The van der Waals surface area contributed by atoms with Crippen LogP contribution in [0.2, 0.25) is 0 Å². The van der Waals surface area contributed by atoms with Gasteiger partial charge in [-0.3, -0.25) is 0 Å². The Hall–Kier alpha value is -0.860. The summed E-state index contributed by atoms with van der Waals surface area (Å²) in [6.45, 7) is 1.84. The summed E-state index contributed by atoms with van der Waals surface area (Å²) in [7, 11) is 0. The van der Waals surface area contributed by atoms with Crippen LogP contribution in [0, 0.1) is 0 Å². The molecule has 0 saturated heterocycles. The Balaban J connectivity index is 2.65. The maximum atomic E-state index is 9.08. The molecule has 0 amide bonds. The van der Waals surface area contributed by atoms with Crippen molar-refractivity contribution >= 4 is 0 Å². The maximum absolute atomic E-state index is 9.08. The van der Waals surface area contributed by atoms with Gasteiger partial charge in [0.2, 0.25) is 0 Å². The zero-order valence-corrected chi connectivity index (χ0v) is 7.20. The summed E-state index contributed by atoms with van der Waals surface area (Å²) in [5.74, 6) is 0. The number of benzene rings is 1. The molecule has 0 saturated carbocycles. The zero-order valence-electron chi connectivity index (χ0n) is 7.20. The van der Waals surface area contributed by atoms with Gasteiger partial charge in [0.1, 0.15) is 0 Å². The van der Waals surface area contributed by atoms with Gasteiger partial charge < -0.3 is 10.2 Å². The van der Waals surface area contributed by atoms with E-state index in [2.05, 4.69) is 0 Å². The standard InChI is InChI=1S/C10H14O2/c1-8(12)6-9-2-4-10(7-11)5-3-9/h2-5,8,11-12H,6-7H2,1H3. The van der Waals surface area contributed by atoms with E-state index in [9.17, 15) is 0 Å². The summed E-state index contributed by atoms with van der Waals surface area (Å²) >= 11 is 0. The molecule has 1 unspecified atom stereocenters. The molecule has 1 aromatic carbocycles. The topological polar surface area (TPSA) is 40.5 Å². The van der Waals surface area contributed by atoms with Crippen LogP contribution in [0.1, 0.15) is 18.1 Å². The van der Waals surface area contributed by atoms with Gasteiger partial charge in [-0.1, -0.05) is 24.3 Å². The summed E-state index contributed by atoms with van der Waals surface area (Å²) in [5.41, 5.74) is 2.01. The Labute approximate surface area is 72.5 Å².